The number of H-pyrrole nitrogens is 1. The lowest BCUT2D eigenvalue weighted by Gasteiger charge is -2.08. The summed E-state index contributed by atoms with van der Waals surface area (Å²) >= 11 is 0. The van der Waals surface area contributed by atoms with Crippen LogP contribution in [0.1, 0.15) is 28.8 Å². The first kappa shape index (κ1) is 14.9. The molecule has 0 amide bonds. The average molecular weight is 287 g/mol. The Hall–Kier alpha value is -2.50. The Morgan fingerprint density at radius 3 is 2.62 bits per heavy atom. The molecule has 0 unspecified atom stereocenters. The first-order chi connectivity index (χ1) is 9.88. The molecular formula is C15H17N3O3. The molecule has 6 nitrogen and oxygen atoms in total. The number of rotatable bonds is 4. The van der Waals surface area contributed by atoms with E-state index >= 15 is 0 Å². The number of carboxylic acids is 1. The maximum atomic E-state index is 12.1. The molecule has 21 heavy (non-hydrogen) atoms. The molecule has 0 aliphatic heterocycles. The van der Waals surface area contributed by atoms with Crippen LogP contribution in [0.3, 0.4) is 0 Å². The fourth-order valence-electron chi connectivity index (χ4n) is 2.21. The molecule has 2 rings (SSSR count). The quantitative estimate of drug-likeness (QED) is 0.893. The van der Waals surface area contributed by atoms with E-state index < -0.39 is 5.97 Å². The van der Waals surface area contributed by atoms with E-state index in [4.69, 9.17) is 5.11 Å². The third-order valence-corrected chi connectivity index (χ3v) is 3.25. The number of nitrogens with one attached hydrogen (secondary N) is 1. The number of carbonyl (C=O) groups is 1. The lowest BCUT2D eigenvalue weighted by Crippen LogP contribution is -2.19. The highest BCUT2D eigenvalue weighted by atomic mass is 16.4. The standard InChI is InChI=1S/C15H17N3O3/c1-8-6-9(2)13(16-7-8)14-17-10(3)11(15(21)18-14)4-5-12(19)20/h6-7H,4-5H2,1-3H3,(H,19,20)(H,17,18,21). The Kier molecular flexibility index (Phi) is 4.16. The number of aromatic nitrogens is 3. The number of hydrogen-bond donors (Lipinski definition) is 2. The summed E-state index contributed by atoms with van der Waals surface area (Å²) in [5.41, 5.74) is 3.23. The van der Waals surface area contributed by atoms with Crippen LogP contribution in [0.5, 0.6) is 0 Å². The molecule has 0 spiro atoms. The molecule has 2 N–H and O–H groups in total. The van der Waals surface area contributed by atoms with Crippen LogP contribution in [0.2, 0.25) is 0 Å². The van der Waals surface area contributed by atoms with Gasteiger partial charge in [-0.15, -0.1) is 0 Å². The van der Waals surface area contributed by atoms with Crippen LogP contribution in [0.15, 0.2) is 17.1 Å². The Balaban J connectivity index is 2.44. The lowest BCUT2D eigenvalue weighted by molar-refractivity contribution is -0.136. The topological polar surface area (TPSA) is 95.9 Å². The number of aromatic amines is 1. The molecule has 6 heteroatoms. The highest BCUT2D eigenvalue weighted by Crippen LogP contribution is 2.17. The Labute approximate surface area is 121 Å². The smallest absolute Gasteiger partial charge is 0.303 e. The zero-order chi connectivity index (χ0) is 15.6. The van der Waals surface area contributed by atoms with Gasteiger partial charge in [-0.25, -0.2) is 4.98 Å². The predicted octanol–water partition coefficient (Wildman–Crippen LogP) is 1.77. The maximum Gasteiger partial charge on any atom is 0.303 e. The SMILES string of the molecule is Cc1cnc(-c2nc(C)c(CCC(=O)O)c(=O)[nH]2)c(C)c1. The largest absolute Gasteiger partial charge is 0.481 e. The van der Waals surface area contributed by atoms with Crippen molar-refractivity contribution in [2.75, 3.05) is 0 Å². The van der Waals surface area contributed by atoms with Gasteiger partial charge in [-0.1, -0.05) is 6.07 Å². The van der Waals surface area contributed by atoms with E-state index in [1.54, 1.807) is 13.1 Å². The van der Waals surface area contributed by atoms with E-state index in [-0.39, 0.29) is 18.4 Å². The molecule has 2 heterocycles. The summed E-state index contributed by atoms with van der Waals surface area (Å²) in [6, 6.07) is 1.97. The van der Waals surface area contributed by atoms with Crippen molar-refractivity contribution in [3.63, 3.8) is 0 Å². The van der Waals surface area contributed by atoms with E-state index in [2.05, 4.69) is 15.0 Å². The van der Waals surface area contributed by atoms with Gasteiger partial charge in [-0.05, 0) is 38.3 Å². The minimum Gasteiger partial charge on any atom is -0.481 e. The second-order valence-electron chi connectivity index (χ2n) is 5.05. The van der Waals surface area contributed by atoms with Crippen molar-refractivity contribution in [3.05, 3.63) is 45.0 Å². The second kappa shape index (κ2) is 5.87. The normalized spacial score (nSPS) is 10.6. The van der Waals surface area contributed by atoms with E-state index in [1.807, 2.05) is 19.9 Å². The van der Waals surface area contributed by atoms with Gasteiger partial charge in [0.2, 0.25) is 0 Å². The van der Waals surface area contributed by atoms with Crippen LogP contribution >= 0.6 is 0 Å². The summed E-state index contributed by atoms with van der Waals surface area (Å²) < 4.78 is 0. The average Bonchev–Trinajstić information content (AvgIpc) is 2.37. The second-order valence-corrected chi connectivity index (χ2v) is 5.05. The molecule has 0 bridgehead atoms. The molecule has 0 saturated carbocycles. The van der Waals surface area contributed by atoms with Crippen molar-refractivity contribution in [2.45, 2.75) is 33.6 Å². The van der Waals surface area contributed by atoms with Gasteiger partial charge in [0.1, 0.15) is 5.69 Å². The third-order valence-electron chi connectivity index (χ3n) is 3.25. The fraction of sp³-hybridized carbons (Fsp3) is 0.333. The predicted molar refractivity (Wildman–Crippen MR) is 78.3 cm³/mol. The van der Waals surface area contributed by atoms with E-state index in [0.29, 0.717) is 22.8 Å². The highest BCUT2D eigenvalue weighted by molar-refractivity contribution is 5.67. The molecule has 0 aliphatic carbocycles. The van der Waals surface area contributed by atoms with Gasteiger partial charge in [0.15, 0.2) is 5.82 Å². The van der Waals surface area contributed by atoms with Crippen molar-refractivity contribution in [1.29, 1.82) is 0 Å². The van der Waals surface area contributed by atoms with Crippen LogP contribution < -0.4 is 5.56 Å². The highest BCUT2D eigenvalue weighted by Gasteiger charge is 2.13. The molecule has 2 aromatic heterocycles. The van der Waals surface area contributed by atoms with E-state index in [1.165, 1.54) is 0 Å². The van der Waals surface area contributed by atoms with Gasteiger partial charge >= 0.3 is 5.97 Å². The maximum absolute atomic E-state index is 12.1. The minimum absolute atomic E-state index is 0.0905. The Bertz CT molecular complexity index is 750. The molecule has 2 aromatic rings. The monoisotopic (exact) mass is 287 g/mol. The summed E-state index contributed by atoms with van der Waals surface area (Å²) in [6.45, 7) is 5.56. The molecular weight excluding hydrogens is 270 g/mol. The molecule has 0 saturated heterocycles. The van der Waals surface area contributed by atoms with E-state index in [9.17, 15) is 9.59 Å². The van der Waals surface area contributed by atoms with Crippen molar-refractivity contribution in [1.82, 2.24) is 15.0 Å². The summed E-state index contributed by atoms with van der Waals surface area (Å²) in [5, 5.41) is 8.71. The molecule has 0 aliphatic rings. The number of aliphatic carboxylic acids is 1. The summed E-state index contributed by atoms with van der Waals surface area (Å²) in [6.07, 6.45) is 1.80. The fourth-order valence-corrected chi connectivity index (χ4v) is 2.21. The van der Waals surface area contributed by atoms with Crippen LogP contribution in [0, 0.1) is 20.8 Å². The van der Waals surface area contributed by atoms with Crippen LogP contribution in [0.25, 0.3) is 11.5 Å². The van der Waals surface area contributed by atoms with Crippen molar-refractivity contribution >= 4 is 5.97 Å². The Morgan fingerprint density at radius 2 is 2.05 bits per heavy atom. The van der Waals surface area contributed by atoms with Gasteiger partial charge < -0.3 is 10.1 Å². The Morgan fingerprint density at radius 1 is 1.33 bits per heavy atom. The summed E-state index contributed by atoms with van der Waals surface area (Å²) in [4.78, 5) is 34.1. The van der Waals surface area contributed by atoms with Crippen molar-refractivity contribution < 1.29 is 9.90 Å². The van der Waals surface area contributed by atoms with Crippen molar-refractivity contribution in [3.8, 4) is 11.5 Å². The molecule has 110 valence electrons. The zero-order valence-electron chi connectivity index (χ0n) is 12.2. The number of hydrogen-bond acceptors (Lipinski definition) is 4. The number of aryl methyl sites for hydroxylation is 3. The van der Waals surface area contributed by atoms with Crippen molar-refractivity contribution in [2.24, 2.45) is 0 Å². The van der Waals surface area contributed by atoms with Gasteiger partial charge in [-0.3, -0.25) is 14.6 Å². The summed E-state index contributed by atoms with van der Waals surface area (Å²) in [5.74, 6) is -0.525. The van der Waals surface area contributed by atoms with Crippen LogP contribution in [-0.2, 0) is 11.2 Å². The molecule has 0 atom stereocenters. The molecule has 0 radical (unpaired) electrons. The first-order valence-corrected chi connectivity index (χ1v) is 6.63. The minimum atomic E-state index is -0.936. The molecule has 0 fully saturated rings. The third kappa shape index (κ3) is 3.34. The van der Waals surface area contributed by atoms with Gasteiger partial charge in [0, 0.05) is 23.9 Å². The lowest BCUT2D eigenvalue weighted by atomic mass is 10.1. The van der Waals surface area contributed by atoms with Gasteiger partial charge in [-0.2, -0.15) is 0 Å². The van der Waals surface area contributed by atoms with Crippen LogP contribution in [0.4, 0.5) is 0 Å². The van der Waals surface area contributed by atoms with Crippen LogP contribution in [-0.4, -0.2) is 26.0 Å². The number of pyridine rings is 1. The zero-order valence-corrected chi connectivity index (χ0v) is 12.2. The number of carboxylic acid groups (broad SMARTS) is 1. The summed E-state index contributed by atoms with van der Waals surface area (Å²) in [7, 11) is 0. The molecule has 0 aromatic carbocycles. The van der Waals surface area contributed by atoms with Gasteiger partial charge in [0.05, 0.1) is 0 Å². The first-order valence-electron chi connectivity index (χ1n) is 6.63. The van der Waals surface area contributed by atoms with E-state index in [0.717, 1.165) is 11.1 Å². The van der Waals surface area contributed by atoms with Gasteiger partial charge in [0.25, 0.3) is 5.56 Å². The number of nitrogens with zero attached hydrogens (tertiary/aromatic N) is 2.